The second-order valence-electron chi connectivity index (χ2n) is 3.94. The lowest BCUT2D eigenvalue weighted by Gasteiger charge is -2.20. The number of hydrogen-bond acceptors (Lipinski definition) is 4. The molecule has 2 atom stereocenters. The molecule has 1 aromatic heterocycles. The van der Waals surface area contributed by atoms with E-state index < -0.39 is 18.1 Å². The highest BCUT2D eigenvalue weighted by Crippen LogP contribution is 2.34. The van der Waals surface area contributed by atoms with E-state index in [0.717, 1.165) is 3.79 Å². The van der Waals surface area contributed by atoms with Crippen LogP contribution in [0, 0.1) is 0 Å². The van der Waals surface area contributed by atoms with E-state index in [0.29, 0.717) is 9.35 Å². The maximum absolute atomic E-state index is 12.2. The molecule has 0 saturated carbocycles. The molecule has 2 heterocycles. The first-order valence-electron chi connectivity index (χ1n) is 5.07. The van der Waals surface area contributed by atoms with Gasteiger partial charge in [-0.1, -0.05) is 0 Å². The molecule has 1 aromatic rings. The van der Waals surface area contributed by atoms with Crippen LogP contribution in [0.15, 0.2) is 13.6 Å². The van der Waals surface area contributed by atoms with Crippen molar-refractivity contribution in [2.24, 2.45) is 0 Å². The van der Waals surface area contributed by atoms with E-state index >= 15 is 0 Å². The molecule has 1 aliphatic heterocycles. The molecule has 2 N–H and O–H groups in total. The Morgan fingerprint density at radius 2 is 2.11 bits per heavy atom. The van der Waals surface area contributed by atoms with Crippen LogP contribution < -0.4 is 0 Å². The zero-order valence-corrected chi connectivity index (χ0v) is 13.0. The number of aliphatic hydroxyl groups excluding tert-OH is 1. The molecule has 0 radical (unpaired) electrons. The number of amides is 1. The summed E-state index contributed by atoms with van der Waals surface area (Å²) in [4.78, 5) is 24.5. The summed E-state index contributed by atoms with van der Waals surface area (Å²) in [6, 6.07) is 0.679. The van der Waals surface area contributed by atoms with Crippen LogP contribution in [0.2, 0.25) is 0 Å². The highest BCUT2D eigenvalue weighted by atomic mass is 79.9. The monoisotopic (exact) mass is 397 g/mol. The van der Waals surface area contributed by atoms with Gasteiger partial charge in [-0.3, -0.25) is 4.79 Å². The second-order valence-corrected chi connectivity index (χ2v) is 7.69. The fraction of sp³-hybridized carbons (Fsp3) is 0.400. The Morgan fingerprint density at radius 3 is 2.61 bits per heavy atom. The number of carbonyl (C=O) groups excluding carboxylic acids is 1. The molecule has 2 unspecified atom stereocenters. The van der Waals surface area contributed by atoms with Gasteiger partial charge < -0.3 is 15.1 Å². The molecule has 0 aliphatic carbocycles. The molecule has 0 bridgehead atoms. The first-order valence-corrected chi connectivity index (χ1v) is 7.47. The Bertz CT molecular complexity index is 504. The maximum Gasteiger partial charge on any atom is 0.326 e. The van der Waals surface area contributed by atoms with E-state index in [1.54, 1.807) is 6.07 Å². The molecule has 5 nitrogen and oxygen atoms in total. The number of aliphatic carboxylic acids is 1. The van der Waals surface area contributed by atoms with Gasteiger partial charge in [0.1, 0.15) is 6.04 Å². The lowest BCUT2D eigenvalue weighted by atomic mass is 10.2. The lowest BCUT2D eigenvalue weighted by Crippen LogP contribution is -2.40. The molecule has 0 aromatic carbocycles. The Hall–Kier alpha value is -0.440. The molecule has 98 valence electrons. The van der Waals surface area contributed by atoms with Gasteiger partial charge in [-0.15, -0.1) is 11.3 Å². The molecule has 2 rings (SSSR count). The number of rotatable bonds is 2. The van der Waals surface area contributed by atoms with Crippen molar-refractivity contribution in [3.05, 3.63) is 19.2 Å². The van der Waals surface area contributed by atoms with Crippen LogP contribution in [-0.2, 0) is 4.79 Å². The summed E-state index contributed by atoms with van der Waals surface area (Å²) in [5.41, 5.74) is 0.409. The van der Waals surface area contributed by atoms with Crippen molar-refractivity contribution in [2.45, 2.75) is 18.6 Å². The highest BCUT2D eigenvalue weighted by Gasteiger charge is 2.39. The molecule has 1 fully saturated rings. The van der Waals surface area contributed by atoms with E-state index in [4.69, 9.17) is 5.11 Å². The Labute approximate surface area is 124 Å². The second kappa shape index (κ2) is 5.28. The van der Waals surface area contributed by atoms with Crippen molar-refractivity contribution in [3.8, 4) is 0 Å². The summed E-state index contributed by atoms with van der Waals surface area (Å²) in [6.07, 6.45) is -0.708. The van der Waals surface area contributed by atoms with Crippen molar-refractivity contribution in [1.29, 1.82) is 0 Å². The predicted molar refractivity (Wildman–Crippen MR) is 72.8 cm³/mol. The number of likely N-dealkylation sites (tertiary alicyclic amines) is 1. The molecular weight excluding hydrogens is 390 g/mol. The Balaban J connectivity index is 2.28. The summed E-state index contributed by atoms with van der Waals surface area (Å²) >= 11 is 7.88. The topological polar surface area (TPSA) is 77.8 Å². The van der Waals surface area contributed by atoms with Gasteiger partial charge in [0.25, 0.3) is 5.91 Å². The average molecular weight is 399 g/mol. The van der Waals surface area contributed by atoms with Gasteiger partial charge in [-0.05, 0) is 37.9 Å². The first-order chi connectivity index (χ1) is 8.40. The first kappa shape index (κ1) is 14.0. The average Bonchev–Trinajstić information content (AvgIpc) is 2.81. The van der Waals surface area contributed by atoms with Gasteiger partial charge in [-0.2, -0.15) is 0 Å². The summed E-state index contributed by atoms with van der Waals surface area (Å²) in [6.45, 7) is 0.0513. The normalized spacial score (nSPS) is 23.4. The van der Waals surface area contributed by atoms with E-state index in [-0.39, 0.29) is 18.9 Å². The molecule has 1 amide bonds. The Morgan fingerprint density at radius 1 is 1.44 bits per heavy atom. The molecule has 1 saturated heterocycles. The smallest absolute Gasteiger partial charge is 0.326 e. The summed E-state index contributed by atoms with van der Waals surface area (Å²) in [5.74, 6) is -1.47. The van der Waals surface area contributed by atoms with Crippen molar-refractivity contribution in [3.63, 3.8) is 0 Å². The number of carboxylic acid groups (broad SMARTS) is 1. The summed E-state index contributed by atoms with van der Waals surface area (Å²) < 4.78 is 1.43. The fourth-order valence-corrected chi connectivity index (χ4v) is 4.69. The largest absolute Gasteiger partial charge is 0.480 e. The van der Waals surface area contributed by atoms with Gasteiger partial charge in [0.15, 0.2) is 0 Å². The minimum absolute atomic E-state index is 0.0513. The third-order valence-electron chi connectivity index (χ3n) is 2.71. The molecular formula is C10H9Br2NO4S. The van der Waals surface area contributed by atoms with Gasteiger partial charge in [0.05, 0.1) is 19.2 Å². The SMILES string of the molecule is O=C(O)C1CC(O)CN1C(=O)c1cc(Br)sc1Br. The zero-order chi connectivity index (χ0) is 13.4. The van der Waals surface area contributed by atoms with Crippen molar-refractivity contribution in [2.75, 3.05) is 6.54 Å². The third-order valence-corrected chi connectivity index (χ3v) is 5.05. The van der Waals surface area contributed by atoms with Crippen LogP contribution in [0.25, 0.3) is 0 Å². The van der Waals surface area contributed by atoms with E-state index in [1.807, 2.05) is 0 Å². The van der Waals surface area contributed by atoms with Crippen molar-refractivity contribution in [1.82, 2.24) is 4.90 Å². The standard InChI is InChI=1S/C10H9Br2NO4S/c11-7-2-5(8(12)18-7)9(15)13-3-4(14)1-6(13)10(16)17/h2,4,6,14H,1,3H2,(H,16,17). The third kappa shape index (κ3) is 2.61. The molecule has 8 heteroatoms. The quantitative estimate of drug-likeness (QED) is 0.797. The fourth-order valence-electron chi connectivity index (χ4n) is 1.91. The predicted octanol–water partition coefficient (Wildman–Crippen LogP) is 1.93. The Kier molecular flexibility index (Phi) is 4.10. The summed E-state index contributed by atoms with van der Waals surface area (Å²) in [5, 5.41) is 18.6. The van der Waals surface area contributed by atoms with E-state index in [9.17, 15) is 14.7 Å². The van der Waals surface area contributed by atoms with Crippen molar-refractivity contribution >= 4 is 55.1 Å². The number of halogens is 2. The van der Waals surface area contributed by atoms with Crippen LogP contribution in [0.1, 0.15) is 16.8 Å². The number of carbonyl (C=O) groups is 2. The number of β-amino-alcohol motifs (C(OH)–C–C–N with tert-alkyl or cyclic N) is 1. The number of carboxylic acids is 1. The number of aliphatic hydroxyl groups is 1. The van der Waals surface area contributed by atoms with Gasteiger partial charge in [-0.25, -0.2) is 4.79 Å². The van der Waals surface area contributed by atoms with Crippen LogP contribution in [0.3, 0.4) is 0 Å². The lowest BCUT2D eigenvalue weighted by molar-refractivity contribution is -0.141. The zero-order valence-electron chi connectivity index (χ0n) is 8.97. The van der Waals surface area contributed by atoms with Gasteiger partial charge in [0, 0.05) is 13.0 Å². The van der Waals surface area contributed by atoms with Crippen LogP contribution in [0.5, 0.6) is 0 Å². The summed E-state index contributed by atoms with van der Waals surface area (Å²) in [7, 11) is 0. The highest BCUT2D eigenvalue weighted by molar-refractivity contribution is 9.12. The number of thiophene rings is 1. The molecule has 0 spiro atoms. The van der Waals surface area contributed by atoms with Gasteiger partial charge in [0.2, 0.25) is 0 Å². The minimum Gasteiger partial charge on any atom is -0.480 e. The molecule has 1 aliphatic rings. The van der Waals surface area contributed by atoms with Gasteiger partial charge >= 0.3 is 5.97 Å². The van der Waals surface area contributed by atoms with Crippen LogP contribution in [-0.4, -0.2) is 45.7 Å². The van der Waals surface area contributed by atoms with Crippen molar-refractivity contribution < 1.29 is 19.8 Å². The van der Waals surface area contributed by atoms with Crippen LogP contribution in [0.4, 0.5) is 0 Å². The minimum atomic E-state index is -1.09. The van der Waals surface area contributed by atoms with E-state index in [1.165, 1.54) is 16.2 Å². The number of hydrogen-bond donors (Lipinski definition) is 2. The molecule has 18 heavy (non-hydrogen) atoms. The number of nitrogens with zero attached hydrogens (tertiary/aromatic N) is 1. The maximum atomic E-state index is 12.2. The van der Waals surface area contributed by atoms with Crippen LogP contribution >= 0.6 is 43.2 Å². The van der Waals surface area contributed by atoms with E-state index in [2.05, 4.69) is 31.9 Å².